The van der Waals surface area contributed by atoms with E-state index in [2.05, 4.69) is 21.3 Å². The van der Waals surface area contributed by atoms with Crippen molar-refractivity contribution in [3.05, 3.63) is 64.7 Å². The Morgan fingerprint density at radius 2 is 1.47 bits per heavy atom. The van der Waals surface area contributed by atoms with Gasteiger partial charge in [-0.1, -0.05) is 64.1 Å². The number of amides is 5. The van der Waals surface area contributed by atoms with Crippen molar-refractivity contribution in [2.45, 2.75) is 90.9 Å². The van der Waals surface area contributed by atoms with Crippen molar-refractivity contribution in [3.8, 4) is 0 Å². The highest BCUT2D eigenvalue weighted by Crippen LogP contribution is 2.32. The number of ketones is 2. The van der Waals surface area contributed by atoms with E-state index < -0.39 is 54.3 Å². The Hall–Kier alpha value is -5.11. The molecule has 0 aromatic heterocycles. The number of nitrogens with two attached hydrogens (primary N) is 1. The summed E-state index contributed by atoms with van der Waals surface area (Å²) in [5, 5.41) is 11.8. The first-order chi connectivity index (χ1) is 25.6. The molecule has 4 rings (SSSR count). The predicted molar refractivity (Wildman–Crippen MR) is 200 cm³/mol. The van der Waals surface area contributed by atoms with Gasteiger partial charge in [-0.2, -0.15) is 0 Å². The summed E-state index contributed by atoms with van der Waals surface area (Å²) >= 11 is 0. The minimum absolute atomic E-state index is 0.0478. The van der Waals surface area contributed by atoms with Crippen LogP contribution in [0.15, 0.2) is 42.5 Å². The molecule has 14 heteroatoms. The average Bonchev–Trinajstić information content (AvgIpc) is 3.64. The number of carbonyl (C=O) groups is 7. The Morgan fingerprint density at radius 3 is 2.13 bits per heavy atom. The van der Waals surface area contributed by atoms with Gasteiger partial charge in [0, 0.05) is 42.0 Å². The van der Waals surface area contributed by atoms with Crippen molar-refractivity contribution in [2.24, 2.45) is 17.6 Å². The fraction of sp³-hybridized carbons (Fsp3) is 0.513. The van der Waals surface area contributed by atoms with E-state index in [1.807, 2.05) is 27.7 Å². The number of anilines is 1. The van der Waals surface area contributed by atoms with Gasteiger partial charge in [0.25, 0.3) is 0 Å². The molecule has 53 heavy (non-hydrogen) atoms. The van der Waals surface area contributed by atoms with Crippen LogP contribution < -0.4 is 32.3 Å². The van der Waals surface area contributed by atoms with Crippen molar-refractivity contribution in [2.75, 3.05) is 31.5 Å². The van der Waals surface area contributed by atoms with Gasteiger partial charge < -0.3 is 37.2 Å². The van der Waals surface area contributed by atoms with E-state index >= 15 is 0 Å². The number of benzene rings is 2. The Balaban J connectivity index is 1.32. The molecule has 14 nitrogen and oxygen atoms in total. The van der Waals surface area contributed by atoms with Gasteiger partial charge in [-0.15, -0.1) is 0 Å². The monoisotopic (exact) mass is 732 g/mol. The first-order valence-electron chi connectivity index (χ1n) is 18.8. The molecule has 0 bridgehead atoms. The zero-order chi connectivity index (χ0) is 39.7. The first-order valence-corrected chi connectivity index (χ1v) is 18.4. The molecule has 1 aliphatic carbocycles. The second-order valence-corrected chi connectivity index (χ2v) is 14.6. The minimum Gasteiger partial charge on any atom is -0.384 e. The summed E-state index contributed by atoms with van der Waals surface area (Å²) in [6, 6.07) is 8.12. The highest BCUT2D eigenvalue weighted by molar-refractivity contribution is 6.30. The third kappa shape index (κ3) is 10.5. The highest BCUT2D eigenvalue weighted by Gasteiger charge is 2.38. The second-order valence-electron chi connectivity index (χ2n) is 14.6. The largest absolute Gasteiger partial charge is 0.384 e. The van der Waals surface area contributed by atoms with Crippen LogP contribution in [0.2, 0.25) is 1.41 Å². The number of fused-ring (bicyclic) bond motifs is 2. The molecular weight excluding hydrogens is 678 g/mol. The van der Waals surface area contributed by atoms with Crippen LogP contribution in [0.25, 0.3) is 0 Å². The Morgan fingerprint density at radius 1 is 0.830 bits per heavy atom. The second kappa shape index (κ2) is 18.6. The van der Waals surface area contributed by atoms with E-state index in [9.17, 15) is 33.6 Å². The molecule has 5 amide bonds. The van der Waals surface area contributed by atoms with Crippen LogP contribution in [0.3, 0.4) is 0 Å². The van der Waals surface area contributed by atoms with Gasteiger partial charge in [0.2, 0.25) is 29.5 Å². The summed E-state index contributed by atoms with van der Waals surface area (Å²) in [6.45, 7) is 9.37. The van der Waals surface area contributed by atoms with Gasteiger partial charge in [0.1, 0.15) is 18.1 Å². The van der Waals surface area contributed by atoms with Gasteiger partial charge >= 0.3 is 0 Å². The summed E-state index contributed by atoms with van der Waals surface area (Å²) in [6.07, 6.45) is 1.95. The Labute approximate surface area is 312 Å². The standard InChI is InChI=1S/C39H53N7O7/c1-22(2)19-29(45-36(50)24(5)40)37(51)43-21-32(47)44-30(20-23(3)4)39(53)46-18-9-15-31(46)38(52)42-17-10-16-41-28-14-8-13-27-33(28)35(49)26-12-7-6-11-25(26)34(27)48/h6-8,11-14,22-24,29-31,41H,9-10,15-21,40H2,1-5H3,(H,42,52)(H,43,51)(H,44,47)(H,45,50)/t24-,29-,30-,31-/m0/s1/i/hD. The van der Waals surface area contributed by atoms with Gasteiger partial charge in [0.05, 0.1) is 18.2 Å². The quantitative estimate of drug-likeness (QED) is 0.112. The van der Waals surface area contributed by atoms with Crippen molar-refractivity contribution >= 4 is 46.8 Å². The third-order valence-corrected chi connectivity index (χ3v) is 9.21. The van der Waals surface area contributed by atoms with E-state index in [1.54, 1.807) is 42.5 Å². The summed E-state index contributed by atoms with van der Waals surface area (Å²) in [5.41, 5.74) is 7.59. The van der Waals surface area contributed by atoms with Crippen molar-refractivity contribution < 1.29 is 35.0 Å². The minimum atomic E-state index is -1.19. The van der Waals surface area contributed by atoms with Gasteiger partial charge in [0.15, 0.2) is 13.0 Å². The summed E-state index contributed by atoms with van der Waals surface area (Å²) in [4.78, 5) is 93.3. The summed E-state index contributed by atoms with van der Waals surface area (Å²) in [7, 11) is 0. The van der Waals surface area contributed by atoms with Gasteiger partial charge in [-0.3, -0.25) is 33.6 Å². The van der Waals surface area contributed by atoms with Crippen molar-refractivity contribution in [3.63, 3.8) is 0 Å². The molecule has 7 N–H and O–H groups in total. The van der Waals surface area contributed by atoms with Crippen molar-refractivity contribution in [1.29, 1.82) is 0 Å². The number of carbonyl (C=O) groups excluding carboxylic acids is 7. The maximum Gasteiger partial charge on any atom is 0.245 e. The highest BCUT2D eigenvalue weighted by atomic mass is 16.2. The number of hydrogen-bond acceptors (Lipinski definition) is 9. The molecule has 1 aliphatic heterocycles. The third-order valence-electron chi connectivity index (χ3n) is 9.21. The fourth-order valence-corrected chi connectivity index (χ4v) is 6.59. The zero-order valence-electron chi connectivity index (χ0n) is 32.2. The lowest BCUT2D eigenvalue weighted by atomic mass is 9.83. The maximum atomic E-state index is 13.9. The lowest BCUT2D eigenvalue weighted by Crippen LogP contribution is -2.56. The van der Waals surface area contributed by atoms with E-state index in [0.717, 1.165) is 0 Å². The van der Waals surface area contributed by atoms with Crippen LogP contribution in [-0.4, -0.2) is 96.3 Å². The molecule has 2 aromatic rings. The van der Waals surface area contributed by atoms with Crippen LogP contribution in [-0.2, 0) is 24.0 Å². The van der Waals surface area contributed by atoms with E-state index in [-0.39, 0.29) is 48.8 Å². The van der Waals surface area contributed by atoms with Gasteiger partial charge in [-0.25, -0.2) is 0 Å². The zero-order valence-corrected chi connectivity index (χ0v) is 31.2. The average molecular weight is 733 g/mol. The first kappa shape index (κ1) is 39.1. The van der Waals surface area contributed by atoms with E-state index in [0.29, 0.717) is 65.5 Å². The molecule has 1 heterocycles. The Bertz CT molecular complexity index is 1750. The van der Waals surface area contributed by atoms with Crippen LogP contribution in [0.1, 0.15) is 98.6 Å². The lowest BCUT2D eigenvalue weighted by Gasteiger charge is -2.29. The van der Waals surface area contributed by atoms with E-state index in [4.69, 9.17) is 7.15 Å². The number of hydrogen-bond donors (Lipinski definition) is 6. The molecular formula is C39H53N7O7. The molecule has 1 saturated heterocycles. The molecule has 2 aliphatic rings. The smallest absolute Gasteiger partial charge is 0.245 e. The van der Waals surface area contributed by atoms with Gasteiger partial charge in [-0.05, 0) is 56.9 Å². The number of likely N-dealkylation sites (tertiary alicyclic amines) is 1. The summed E-state index contributed by atoms with van der Waals surface area (Å²) in [5.74, 6) is -3.25. The summed E-state index contributed by atoms with van der Waals surface area (Å²) < 4.78 is 8.63. The maximum absolute atomic E-state index is 13.9. The lowest BCUT2D eigenvalue weighted by molar-refractivity contribution is -0.141. The van der Waals surface area contributed by atoms with Crippen LogP contribution in [0.4, 0.5) is 5.69 Å². The molecule has 0 radical (unpaired) electrons. The topological polar surface area (TPSA) is 209 Å². The number of rotatable bonds is 17. The van der Waals surface area contributed by atoms with Crippen LogP contribution in [0.5, 0.6) is 0 Å². The molecule has 4 atom stereocenters. The van der Waals surface area contributed by atoms with E-state index in [1.165, 1.54) is 11.8 Å². The molecule has 0 spiro atoms. The molecule has 286 valence electrons. The molecule has 0 unspecified atom stereocenters. The van der Waals surface area contributed by atoms with Crippen molar-refractivity contribution in [1.82, 2.24) is 26.2 Å². The van der Waals surface area contributed by atoms with Crippen LogP contribution >= 0.6 is 0 Å². The fourth-order valence-electron chi connectivity index (χ4n) is 6.59. The predicted octanol–water partition coefficient (Wildman–Crippen LogP) is 1.90. The normalized spacial score (nSPS) is 16.9. The Kier molecular flexibility index (Phi) is 13.7. The molecule has 1 fully saturated rings. The van der Waals surface area contributed by atoms with Crippen LogP contribution in [0, 0.1) is 11.8 Å². The molecule has 0 saturated carbocycles. The SMILES string of the molecule is [2H]N(C(=O)CNC(=O)[C@H](CC(C)C)NC(=O)[C@H](C)N)[C@@H](CC(C)C)C(=O)N1CCC[C@H]1C(=O)NCCCNc1cccc2c1C(=O)c1ccccc1C2=O. The molecule has 2 aromatic carbocycles. The number of nitrogens with zero attached hydrogens (tertiary/aromatic N) is 1. The number of nitrogens with one attached hydrogen (secondary N) is 5.